The molecular weight excluding hydrogens is 406 g/mol. The predicted molar refractivity (Wildman–Crippen MR) is 57.5 cm³/mol. The van der Waals surface area contributed by atoms with Crippen LogP contribution in [0.4, 0.5) is 0 Å². The van der Waals surface area contributed by atoms with Crippen molar-refractivity contribution < 1.29 is 47.7 Å². The van der Waals surface area contributed by atoms with Gasteiger partial charge in [-0.1, -0.05) is 0 Å². The third-order valence-electron chi connectivity index (χ3n) is 2.67. The summed E-state index contributed by atoms with van der Waals surface area (Å²) < 4.78 is 3.59. The van der Waals surface area contributed by atoms with Crippen LogP contribution in [-0.4, -0.2) is 0 Å². The fourth-order valence-corrected chi connectivity index (χ4v) is 7.39. The molecule has 0 amide bonds. The van der Waals surface area contributed by atoms with E-state index in [1.54, 1.807) is 8.90 Å². The SMILES string of the molecule is CC(C)C1=[C]([Hf+2][C]2=CC=CC2)CC=C1.[Cl-].[Cl-]. The third kappa shape index (κ3) is 4.01. The van der Waals surface area contributed by atoms with Crippen molar-refractivity contribution in [3.63, 3.8) is 0 Å². The van der Waals surface area contributed by atoms with Crippen LogP contribution >= 0.6 is 0 Å². The van der Waals surface area contributed by atoms with Gasteiger partial charge < -0.3 is 24.8 Å². The Bertz CT molecular complexity index is 349. The Labute approximate surface area is 122 Å². The molecule has 0 aromatic rings. The standard InChI is InChI=1S/C8H11.C5H5.2ClH.Hf/c1-7(2)8-5-3-4-6-8;1-2-4-5-3-1;;;/h3,5,7H,4H2,1-2H3;1-3H,4H2;2*1H;/q;;;;+2/p-2. The van der Waals surface area contributed by atoms with Crippen LogP contribution < -0.4 is 24.8 Å². The Morgan fingerprint density at radius 2 is 1.88 bits per heavy atom. The molecule has 0 aromatic heterocycles. The van der Waals surface area contributed by atoms with Gasteiger partial charge in [0.05, 0.1) is 0 Å². The average molecular weight is 422 g/mol. The second kappa shape index (κ2) is 7.68. The largest absolute Gasteiger partial charge is 1.00 e. The van der Waals surface area contributed by atoms with Gasteiger partial charge in [-0.05, 0) is 0 Å². The molecule has 0 fully saturated rings. The number of allylic oxidation sites excluding steroid dienone is 8. The van der Waals surface area contributed by atoms with Gasteiger partial charge >= 0.3 is 98.1 Å². The van der Waals surface area contributed by atoms with Crippen molar-refractivity contribution in [1.82, 2.24) is 0 Å². The molecule has 0 heterocycles. The van der Waals surface area contributed by atoms with Gasteiger partial charge in [-0.3, -0.25) is 0 Å². The molecule has 0 saturated carbocycles. The van der Waals surface area contributed by atoms with Crippen LogP contribution in [0.3, 0.4) is 0 Å². The molecule has 86 valence electrons. The number of hydrogen-bond acceptors (Lipinski definition) is 0. The summed E-state index contributed by atoms with van der Waals surface area (Å²) in [5.41, 5.74) is 1.65. The van der Waals surface area contributed by atoms with E-state index < -0.39 is 22.9 Å². The zero-order valence-corrected chi connectivity index (χ0v) is 14.7. The maximum absolute atomic E-state index is 2.36. The summed E-state index contributed by atoms with van der Waals surface area (Å²) in [5, 5.41) is 0. The molecule has 0 spiro atoms. The third-order valence-corrected chi connectivity index (χ3v) is 8.01. The van der Waals surface area contributed by atoms with Gasteiger partial charge in [0, 0.05) is 0 Å². The monoisotopic (exact) mass is 422 g/mol. The van der Waals surface area contributed by atoms with Crippen molar-refractivity contribution >= 4 is 0 Å². The van der Waals surface area contributed by atoms with E-state index in [1.165, 1.54) is 12.8 Å². The maximum Gasteiger partial charge on any atom is -1.00 e. The first-order valence-electron chi connectivity index (χ1n) is 5.29. The molecule has 0 aromatic carbocycles. The normalized spacial score (nSPS) is 17.1. The minimum Gasteiger partial charge on any atom is -1.00 e. The zero-order chi connectivity index (χ0) is 9.97. The summed E-state index contributed by atoms with van der Waals surface area (Å²) in [6.07, 6.45) is 14.1. The summed E-state index contributed by atoms with van der Waals surface area (Å²) in [5.74, 6) is 0.728. The fourth-order valence-electron chi connectivity index (χ4n) is 1.92. The van der Waals surface area contributed by atoms with E-state index in [9.17, 15) is 0 Å². The van der Waals surface area contributed by atoms with Gasteiger partial charge in [-0.25, -0.2) is 0 Å². The van der Waals surface area contributed by atoms with Crippen LogP contribution in [-0.2, 0) is 22.9 Å². The Kier molecular flexibility index (Phi) is 7.88. The first-order valence-corrected chi connectivity index (χ1v) is 8.89. The molecule has 0 bridgehead atoms. The second-order valence-corrected chi connectivity index (χ2v) is 9.52. The maximum atomic E-state index is 2.36. The van der Waals surface area contributed by atoms with Crippen LogP contribution in [0.25, 0.3) is 0 Å². The van der Waals surface area contributed by atoms with E-state index in [2.05, 4.69) is 44.2 Å². The van der Waals surface area contributed by atoms with E-state index >= 15 is 0 Å². The van der Waals surface area contributed by atoms with Crippen molar-refractivity contribution in [3.05, 3.63) is 42.6 Å². The molecule has 0 radical (unpaired) electrons. The molecule has 2 aliphatic carbocycles. The molecule has 2 aliphatic rings. The topological polar surface area (TPSA) is 0 Å². The van der Waals surface area contributed by atoms with Crippen molar-refractivity contribution in [1.29, 1.82) is 0 Å². The molecule has 0 atom stereocenters. The molecule has 2 rings (SSSR count). The van der Waals surface area contributed by atoms with Crippen molar-refractivity contribution in [2.75, 3.05) is 0 Å². The summed E-state index contributed by atoms with van der Waals surface area (Å²) in [6, 6.07) is 0. The number of rotatable bonds is 3. The predicted octanol–water partition coefficient (Wildman–Crippen LogP) is -2.21. The fraction of sp³-hybridized carbons (Fsp3) is 0.385. The molecule has 16 heavy (non-hydrogen) atoms. The van der Waals surface area contributed by atoms with Crippen LogP contribution in [0.2, 0.25) is 0 Å². The molecular formula is C13H16Cl2Hf. The van der Waals surface area contributed by atoms with Crippen LogP contribution in [0.15, 0.2) is 42.6 Å². The smallest absolute Gasteiger partial charge is 1.00 e. The van der Waals surface area contributed by atoms with E-state index in [0.29, 0.717) is 0 Å². The summed E-state index contributed by atoms with van der Waals surface area (Å²) >= 11 is -0.630. The Morgan fingerprint density at radius 1 is 1.12 bits per heavy atom. The van der Waals surface area contributed by atoms with E-state index in [-0.39, 0.29) is 24.8 Å². The van der Waals surface area contributed by atoms with Crippen molar-refractivity contribution in [3.8, 4) is 0 Å². The van der Waals surface area contributed by atoms with Gasteiger partial charge in [-0.15, -0.1) is 0 Å². The zero-order valence-electron chi connectivity index (χ0n) is 9.63. The Balaban J connectivity index is 0.00000112. The number of halogens is 2. The van der Waals surface area contributed by atoms with Crippen molar-refractivity contribution in [2.45, 2.75) is 26.7 Å². The minimum atomic E-state index is -0.630. The molecule has 0 aliphatic heterocycles. The quantitative estimate of drug-likeness (QED) is 0.454. The summed E-state index contributed by atoms with van der Waals surface area (Å²) in [7, 11) is 0. The Hall–Kier alpha value is 0.410. The van der Waals surface area contributed by atoms with Gasteiger partial charge in [0.25, 0.3) is 0 Å². The first-order chi connectivity index (χ1) is 6.77. The molecule has 0 nitrogen and oxygen atoms in total. The van der Waals surface area contributed by atoms with Gasteiger partial charge in [0.1, 0.15) is 0 Å². The van der Waals surface area contributed by atoms with Gasteiger partial charge in [0.2, 0.25) is 0 Å². The Morgan fingerprint density at radius 3 is 2.44 bits per heavy atom. The van der Waals surface area contributed by atoms with Crippen LogP contribution in [0.5, 0.6) is 0 Å². The van der Waals surface area contributed by atoms with E-state index in [1.807, 2.05) is 3.33 Å². The van der Waals surface area contributed by atoms with Crippen LogP contribution in [0, 0.1) is 5.92 Å². The van der Waals surface area contributed by atoms with Gasteiger partial charge in [-0.2, -0.15) is 0 Å². The summed E-state index contributed by atoms with van der Waals surface area (Å²) in [6.45, 7) is 4.63. The molecule has 0 unspecified atom stereocenters. The van der Waals surface area contributed by atoms with Crippen molar-refractivity contribution in [2.24, 2.45) is 5.92 Å². The second-order valence-electron chi connectivity index (χ2n) is 4.14. The minimum absolute atomic E-state index is 0. The van der Waals surface area contributed by atoms with E-state index in [0.717, 1.165) is 5.92 Å². The average Bonchev–Trinajstić information content (AvgIpc) is 2.75. The summed E-state index contributed by atoms with van der Waals surface area (Å²) in [4.78, 5) is 0. The molecule has 0 N–H and O–H groups in total. The molecule has 0 saturated heterocycles. The van der Waals surface area contributed by atoms with E-state index in [4.69, 9.17) is 0 Å². The first kappa shape index (κ1) is 16.4. The van der Waals surface area contributed by atoms with Crippen LogP contribution in [0.1, 0.15) is 26.7 Å². The molecule has 3 heteroatoms. The number of hydrogen-bond donors (Lipinski definition) is 0. The van der Waals surface area contributed by atoms with Gasteiger partial charge in [0.15, 0.2) is 0 Å².